The molecule has 0 aliphatic rings. The van der Waals surface area contributed by atoms with Gasteiger partial charge in [-0.1, -0.05) is 0 Å². The van der Waals surface area contributed by atoms with Gasteiger partial charge in [0.25, 0.3) is 0 Å². The standard InChI is InChI=1S/C10H19N3OS/c1-8(9-6-7-11-13(9)5)12-15(14)10(2,3)4/h6-8,12H,1-5H3/t8?,15-/m1/s1. The molecule has 0 radical (unpaired) electrons. The van der Waals surface area contributed by atoms with E-state index in [9.17, 15) is 4.21 Å². The van der Waals surface area contributed by atoms with Crippen molar-refractivity contribution < 1.29 is 4.21 Å². The van der Waals surface area contributed by atoms with Crippen LogP contribution in [-0.2, 0) is 18.0 Å². The third kappa shape index (κ3) is 3.14. The molecule has 4 nitrogen and oxygen atoms in total. The molecule has 0 aliphatic heterocycles. The van der Waals surface area contributed by atoms with Crippen molar-refractivity contribution in [3.05, 3.63) is 18.0 Å². The highest BCUT2D eigenvalue weighted by molar-refractivity contribution is 7.84. The van der Waals surface area contributed by atoms with Gasteiger partial charge in [0.2, 0.25) is 0 Å². The van der Waals surface area contributed by atoms with Crippen LogP contribution >= 0.6 is 0 Å². The van der Waals surface area contributed by atoms with Crippen LogP contribution < -0.4 is 4.72 Å². The zero-order chi connectivity index (χ0) is 11.6. The van der Waals surface area contributed by atoms with Crippen LogP contribution in [0.4, 0.5) is 0 Å². The second kappa shape index (κ2) is 4.45. The number of aromatic nitrogens is 2. The maximum atomic E-state index is 11.9. The largest absolute Gasteiger partial charge is 0.271 e. The molecule has 2 atom stereocenters. The van der Waals surface area contributed by atoms with Gasteiger partial charge in [0.1, 0.15) is 0 Å². The lowest BCUT2D eigenvalue weighted by Crippen LogP contribution is -2.35. The zero-order valence-corrected chi connectivity index (χ0v) is 10.8. The molecule has 0 saturated carbocycles. The highest BCUT2D eigenvalue weighted by atomic mass is 32.2. The number of nitrogens with one attached hydrogen (secondary N) is 1. The highest BCUT2D eigenvalue weighted by Crippen LogP contribution is 2.15. The first-order chi connectivity index (χ1) is 6.82. The van der Waals surface area contributed by atoms with Gasteiger partial charge in [-0.3, -0.25) is 4.68 Å². The Morgan fingerprint density at radius 1 is 1.53 bits per heavy atom. The van der Waals surface area contributed by atoms with Gasteiger partial charge >= 0.3 is 0 Å². The molecule has 0 bridgehead atoms. The van der Waals surface area contributed by atoms with E-state index in [4.69, 9.17) is 0 Å². The molecule has 0 aliphatic carbocycles. The van der Waals surface area contributed by atoms with Crippen molar-refractivity contribution in [3.8, 4) is 0 Å². The number of nitrogens with zero attached hydrogens (tertiary/aromatic N) is 2. The van der Waals surface area contributed by atoms with Crippen molar-refractivity contribution in [2.75, 3.05) is 0 Å². The molecule has 1 N–H and O–H groups in total. The summed E-state index contributed by atoms with van der Waals surface area (Å²) < 4.78 is 16.5. The van der Waals surface area contributed by atoms with E-state index in [1.165, 1.54) is 0 Å². The van der Waals surface area contributed by atoms with E-state index in [2.05, 4.69) is 9.82 Å². The molecule has 1 unspecified atom stereocenters. The molecule has 0 spiro atoms. The van der Waals surface area contributed by atoms with Crippen molar-refractivity contribution >= 4 is 11.0 Å². The van der Waals surface area contributed by atoms with Crippen LogP contribution in [0.1, 0.15) is 39.4 Å². The molecule has 1 rings (SSSR count). The molecular weight excluding hydrogens is 210 g/mol. The predicted molar refractivity (Wildman–Crippen MR) is 62.7 cm³/mol. The number of rotatable bonds is 3. The van der Waals surface area contributed by atoms with Crippen molar-refractivity contribution in [2.45, 2.75) is 38.5 Å². The summed E-state index contributed by atoms with van der Waals surface area (Å²) in [5, 5.41) is 4.08. The smallest absolute Gasteiger partial charge is 0.0976 e. The average Bonchev–Trinajstić information content (AvgIpc) is 2.49. The molecule has 86 valence electrons. The number of hydrogen-bond acceptors (Lipinski definition) is 2. The normalized spacial score (nSPS) is 16.3. The molecule has 0 aromatic carbocycles. The van der Waals surface area contributed by atoms with Crippen LogP contribution in [0.15, 0.2) is 12.3 Å². The fraction of sp³-hybridized carbons (Fsp3) is 0.700. The summed E-state index contributed by atoms with van der Waals surface area (Å²) in [6, 6.07) is 1.97. The summed E-state index contributed by atoms with van der Waals surface area (Å²) in [5.41, 5.74) is 1.03. The monoisotopic (exact) mass is 229 g/mol. The highest BCUT2D eigenvalue weighted by Gasteiger charge is 2.22. The quantitative estimate of drug-likeness (QED) is 0.854. The molecule has 1 heterocycles. The Balaban J connectivity index is 2.69. The Bertz CT molecular complexity index is 354. The van der Waals surface area contributed by atoms with Gasteiger partial charge in [-0.15, -0.1) is 0 Å². The second-order valence-electron chi connectivity index (χ2n) is 4.60. The van der Waals surface area contributed by atoms with Gasteiger partial charge in [-0.25, -0.2) is 8.93 Å². The van der Waals surface area contributed by atoms with Crippen LogP contribution in [-0.4, -0.2) is 18.7 Å². The van der Waals surface area contributed by atoms with E-state index in [-0.39, 0.29) is 10.8 Å². The first kappa shape index (κ1) is 12.4. The van der Waals surface area contributed by atoms with E-state index < -0.39 is 11.0 Å². The summed E-state index contributed by atoms with van der Waals surface area (Å²) in [7, 11) is 0.831. The summed E-state index contributed by atoms with van der Waals surface area (Å²) in [6.07, 6.45) is 1.74. The molecule has 0 amide bonds. The van der Waals surface area contributed by atoms with Crippen LogP contribution in [0.25, 0.3) is 0 Å². The average molecular weight is 229 g/mol. The fourth-order valence-corrected chi connectivity index (χ4v) is 2.00. The van der Waals surface area contributed by atoms with Crippen LogP contribution in [0.3, 0.4) is 0 Å². The molecule has 1 aromatic heterocycles. The van der Waals surface area contributed by atoms with Gasteiger partial charge < -0.3 is 0 Å². The van der Waals surface area contributed by atoms with Crippen molar-refractivity contribution in [3.63, 3.8) is 0 Å². The summed E-state index contributed by atoms with van der Waals surface area (Å²) in [6.45, 7) is 7.84. The lowest BCUT2D eigenvalue weighted by atomic mass is 10.2. The van der Waals surface area contributed by atoms with E-state index in [0.717, 1.165) is 5.69 Å². The first-order valence-electron chi connectivity index (χ1n) is 4.98. The molecule has 1 aromatic rings. The summed E-state index contributed by atoms with van der Waals surface area (Å²) in [5.74, 6) is 0. The minimum Gasteiger partial charge on any atom is -0.271 e. The second-order valence-corrected chi connectivity index (χ2v) is 6.60. The van der Waals surface area contributed by atoms with Gasteiger partial charge in [-0.05, 0) is 33.8 Å². The lowest BCUT2D eigenvalue weighted by molar-refractivity contribution is 0.589. The minimum absolute atomic E-state index is 0.0394. The third-order valence-electron chi connectivity index (χ3n) is 2.14. The third-order valence-corrected chi connectivity index (χ3v) is 3.82. The lowest BCUT2D eigenvalue weighted by Gasteiger charge is -2.21. The van der Waals surface area contributed by atoms with Crippen LogP contribution in [0, 0.1) is 0 Å². The van der Waals surface area contributed by atoms with Gasteiger partial charge in [0, 0.05) is 13.2 Å². The maximum absolute atomic E-state index is 11.9. The van der Waals surface area contributed by atoms with Gasteiger partial charge in [0.05, 0.1) is 27.5 Å². The van der Waals surface area contributed by atoms with E-state index in [1.54, 1.807) is 10.9 Å². The number of aryl methyl sites for hydroxylation is 1. The maximum Gasteiger partial charge on any atom is 0.0976 e. The number of hydrogen-bond donors (Lipinski definition) is 1. The van der Waals surface area contributed by atoms with Crippen LogP contribution in [0.2, 0.25) is 0 Å². The molecular formula is C10H19N3OS. The molecule has 15 heavy (non-hydrogen) atoms. The Labute approximate surface area is 93.7 Å². The van der Waals surface area contributed by atoms with Crippen molar-refractivity contribution in [2.24, 2.45) is 7.05 Å². The SMILES string of the molecule is CC(N[S@](=O)C(C)(C)C)c1ccnn1C. The molecule has 0 fully saturated rings. The molecule has 5 heteroatoms. The van der Waals surface area contributed by atoms with Gasteiger partial charge in [0.15, 0.2) is 0 Å². The Morgan fingerprint density at radius 3 is 2.53 bits per heavy atom. The first-order valence-corrected chi connectivity index (χ1v) is 6.13. The van der Waals surface area contributed by atoms with E-state index in [0.29, 0.717) is 0 Å². The summed E-state index contributed by atoms with van der Waals surface area (Å²) in [4.78, 5) is 0. The minimum atomic E-state index is -1.05. The Hall–Kier alpha value is -0.680. The van der Waals surface area contributed by atoms with E-state index >= 15 is 0 Å². The summed E-state index contributed by atoms with van der Waals surface area (Å²) >= 11 is 0. The van der Waals surface area contributed by atoms with Crippen molar-refractivity contribution in [1.29, 1.82) is 0 Å². The zero-order valence-electron chi connectivity index (χ0n) is 9.94. The topological polar surface area (TPSA) is 46.9 Å². The fourth-order valence-electron chi connectivity index (χ4n) is 1.21. The molecule has 0 saturated heterocycles. The van der Waals surface area contributed by atoms with Crippen LogP contribution in [0.5, 0.6) is 0 Å². The Kier molecular flexibility index (Phi) is 3.67. The Morgan fingerprint density at radius 2 is 2.13 bits per heavy atom. The van der Waals surface area contributed by atoms with Gasteiger partial charge in [-0.2, -0.15) is 5.10 Å². The predicted octanol–water partition coefficient (Wildman–Crippen LogP) is 1.53. The van der Waals surface area contributed by atoms with Crippen molar-refractivity contribution in [1.82, 2.24) is 14.5 Å². The van der Waals surface area contributed by atoms with E-state index in [1.807, 2.05) is 40.8 Å².